The fourth-order valence-corrected chi connectivity index (χ4v) is 3.96. The smallest absolute Gasteiger partial charge is 0.216 e. The van der Waals surface area contributed by atoms with Crippen LogP contribution in [0, 0.1) is 0 Å². The Balaban J connectivity index is 1.58. The SMILES string of the molecule is CC(C)(C)S(=O)(=O)NCCCCCNc1ccc(OC2CCCCC2)cc1. The Labute approximate surface area is 165 Å². The maximum atomic E-state index is 11.9. The summed E-state index contributed by atoms with van der Waals surface area (Å²) in [5.74, 6) is 0.957. The second-order valence-corrected chi connectivity index (χ2v) is 10.9. The number of hydrogen-bond donors (Lipinski definition) is 2. The monoisotopic (exact) mass is 396 g/mol. The van der Waals surface area contributed by atoms with Crippen LogP contribution in [0.5, 0.6) is 5.75 Å². The van der Waals surface area contributed by atoms with E-state index in [2.05, 4.69) is 22.2 Å². The zero-order valence-electron chi connectivity index (χ0n) is 17.1. The molecule has 5 nitrogen and oxygen atoms in total. The first-order valence-electron chi connectivity index (χ1n) is 10.3. The van der Waals surface area contributed by atoms with Crippen molar-refractivity contribution >= 4 is 15.7 Å². The normalized spacial score (nSPS) is 16.3. The van der Waals surface area contributed by atoms with Crippen LogP contribution in [0.4, 0.5) is 5.69 Å². The molecule has 0 bridgehead atoms. The molecule has 6 heteroatoms. The molecule has 0 spiro atoms. The van der Waals surface area contributed by atoms with E-state index in [0.717, 1.165) is 37.2 Å². The molecule has 27 heavy (non-hydrogen) atoms. The summed E-state index contributed by atoms with van der Waals surface area (Å²) in [6, 6.07) is 8.21. The van der Waals surface area contributed by atoms with Gasteiger partial charge in [-0.3, -0.25) is 0 Å². The average Bonchev–Trinajstić information content (AvgIpc) is 2.62. The van der Waals surface area contributed by atoms with Gasteiger partial charge in [-0.2, -0.15) is 0 Å². The van der Waals surface area contributed by atoms with Crippen LogP contribution in [0.3, 0.4) is 0 Å². The minimum Gasteiger partial charge on any atom is -0.490 e. The lowest BCUT2D eigenvalue weighted by molar-refractivity contribution is 0.155. The lowest BCUT2D eigenvalue weighted by Crippen LogP contribution is -2.39. The van der Waals surface area contributed by atoms with Crippen molar-refractivity contribution in [3.8, 4) is 5.75 Å². The first-order chi connectivity index (χ1) is 12.8. The van der Waals surface area contributed by atoms with Crippen LogP contribution in [0.15, 0.2) is 24.3 Å². The molecular formula is C21H36N2O3S. The lowest BCUT2D eigenvalue weighted by Gasteiger charge is -2.23. The van der Waals surface area contributed by atoms with E-state index in [1.807, 2.05) is 12.1 Å². The summed E-state index contributed by atoms with van der Waals surface area (Å²) >= 11 is 0. The van der Waals surface area contributed by atoms with Crippen molar-refractivity contribution in [3.05, 3.63) is 24.3 Å². The fourth-order valence-electron chi connectivity index (χ4n) is 3.11. The Morgan fingerprint density at radius 1 is 0.963 bits per heavy atom. The van der Waals surface area contributed by atoms with E-state index in [-0.39, 0.29) is 0 Å². The highest BCUT2D eigenvalue weighted by atomic mass is 32.2. The maximum absolute atomic E-state index is 11.9. The lowest BCUT2D eigenvalue weighted by atomic mass is 9.98. The number of benzene rings is 1. The Morgan fingerprint density at radius 3 is 2.22 bits per heavy atom. The van der Waals surface area contributed by atoms with Gasteiger partial charge >= 0.3 is 0 Å². The van der Waals surface area contributed by atoms with Crippen LogP contribution in [0.2, 0.25) is 0 Å². The highest BCUT2D eigenvalue weighted by Crippen LogP contribution is 2.24. The van der Waals surface area contributed by atoms with Gasteiger partial charge in [0.2, 0.25) is 10.0 Å². The highest BCUT2D eigenvalue weighted by molar-refractivity contribution is 7.90. The summed E-state index contributed by atoms with van der Waals surface area (Å²) in [7, 11) is -3.23. The number of nitrogens with one attached hydrogen (secondary N) is 2. The third kappa shape index (κ3) is 7.70. The number of unbranched alkanes of at least 4 members (excludes halogenated alkanes) is 2. The van der Waals surface area contributed by atoms with E-state index in [1.165, 1.54) is 32.1 Å². The molecule has 2 rings (SSSR count). The minimum absolute atomic E-state index is 0.383. The zero-order chi connectivity index (χ0) is 19.8. The summed E-state index contributed by atoms with van der Waals surface area (Å²) in [5, 5.41) is 3.41. The molecule has 1 fully saturated rings. The van der Waals surface area contributed by atoms with E-state index in [0.29, 0.717) is 12.6 Å². The molecule has 0 amide bonds. The van der Waals surface area contributed by atoms with Gasteiger partial charge in [0.1, 0.15) is 5.75 Å². The topological polar surface area (TPSA) is 67.4 Å². The van der Waals surface area contributed by atoms with E-state index in [4.69, 9.17) is 4.74 Å². The second kappa shape index (κ2) is 10.3. The molecule has 0 saturated heterocycles. The Morgan fingerprint density at radius 2 is 1.59 bits per heavy atom. The zero-order valence-corrected chi connectivity index (χ0v) is 17.9. The van der Waals surface area contributed by atoms with Crippen LogP contribution in [-0.2, 0) is 10.0 Å². The molecule has 2 N–H and O–H groups in total. The quantitative estimate of drug-likeness (QED) is 0.563. The first-order valence-corrected chi connectivity index (χ1v) is 11.8. The van der Waals surface area contributed by atoms with Gasteiger partial charge in [0.05, 0.1) is 10.9 Å². The molecule has 1 aromatic rings. The molecule has 0 heterocycles. The van der Waals surface area contributed by atoms with Gasteiger partial charge in [-0.05, 0) is 83.6 Å². The van der Waals surface area contributed by atoms with Crippen molar-refractivity contribution in [2.75, 3.05) is 18.4 Å². The first kappa shape index (κ1) is 22.0. The molecule has 0 aromatic heterocycles. The number of ether oxygens (including phenoxy) is 1. The molecule has 0 aliphatic heterocycles. The number of anilines is 1. The largest absolute Gasteiger partial charge is 0.490 e. The molecule has 1 aliphatic rings. The van der Waals surface area contributed by atoms with Gasteiger partial charge in [-0.25, -0.2) is 13.1 Å². The highest BCUT2D eigenvalue weighted by Gasteiger charge is 2.27. The third-order valence-electron chi connectivity index (χ3n) is 4.99. The minimum atomic E-state index is -3.23. The summed E-state index contributed by atoms with van der Waals surface area (Å²) in [4.78, 5) is 0. The predicted octanol–water partition coefficient (Wildman–Crippen LogP) is 4.70. The van der Waals surface area contributed by atoms with Gasteiger partial charge in [-0.1, -0.05) is 12.8 Å². The van der Waals surface area contributed by atoms with E-state index in [9.17, 15) is 8.42 Å². The molecule has 0 unspecified atom stereocenters. The second-order valence-electron chi connectivity index (χ2n) is 8.40. The molecule has 1 saturated carbocycles. The number of rotatable bonds is 10. The van der Waals surface area contributed by atoms with E-state index in [1.54, 1.807) is 20.8 Å². The van der Waals surface area contributed by atoms with Gasteiger partial charge < -0.3 is 10.1 Å². The predicted molar refractivity (Wildman–Crippen MR) is 113 cm³/mol. The van der Waals surface area contributed by atoms with Crippen LogP contribution in [-0.4, -0.2) is 32.4 Å². The Bertz CT molecular complexity index is 645. The molecule has 1 aliphatic carbocycles. The van der Waals surface area contributed by atoms with E-state index < -0.39 is 14.8 Å². The standard InChI is InChI=1S/C21H36N2O3S/c1-21(2,3)27(24,25)23-17-9-5-8-16-22-18-12-14-20(15-13-18)26-19-10-6-4-7-11-19/h12-15,19,22-23H,4-11,16-17H2,1-3H3. The Kier molecular flexibility index (Phi) is 8.42. The van der Waals surface area contributed by atoms with E-state index >= 15 is 0 Å². The molecule has 0 atom stereocenters. The van der Waals surface area contributed by atoms with Crippen LogP contribution in [0.25, 0.3) is 0 Å². The summed E-state index contributed by atoms with van der Waals surface area (Å²) < 4.78 is 31.9. The Hall–Kier alpha value is -1.27. The van der Waals surface area contributed by atoms with Crippen LogP contribution >= 0.6 is 0 Å². The summed E-state index contributed by atoms with van der Waals surface area (Å²) in [6.07, 6.45) is 9.48. The summed E-state index contributed by atoms with van der Waals surface area (Å²) in [6.45, 7) is 6.53. The van der Waals surface area contributed by atoms with Crippen LogP contribution in [0.1, 0.15) is 72.1 Å². The molecule has 154 valence electrons. The fraction of sp³-hybridized carbons (Fsp3) is 0.714. The van der Waals surface area contributed by atoms with Crippen molar-refractivity contribution in [2.24, 2.45) is 0 Å². The maximum Gasteiger partial charge on any atom is 0.216 e. The number of sulfonamides is 1. The molecule has 0 radical (unpaired) electrons. The van der Waals surface area contributed by atoms with Crippen molar-refractivity contribution in [2.45, 2.75) is 83.0 Å². The van der Waals surface area contributed by atoms with Crippen molar-refractivity contribution < 1.29 is 13.2 Å². The van der Waals surface area contributed by atoms with Gasteiger partial charge in [0.15, 0.2) is 0 Å². The van der Waals surface area contributed by atoms with Gasteiger partial charge in [0.25, 0.3) is 0 Å². The number of hydrogen-bond acceptors (Lipinski definition) is 4. The van der Waals surface area contributed by atoms with Gasteiger partial charge in [-0.15, -0.1) is 0 Å². The summed E-state index contributed by atoms with van der Waals surface area (Å²) in [5.41, 5.74) is 1.10. The van der Waals surface area contributed by atoms with Crippen LogP contribution < -0.4 is 14.8 Å². The van der Waals surface area contributed by atoms with Gasteiger partial charge in [0, 0.05) is 18.8 Å². The van der Waals surface area contributed by atoms with Crippen molar-refractivity contribution in [3.63, 3.8) is 0 Å². The van der Waals surface area contributed by atoms with Crippen molar-refractivity contribution in [1.29, 1.82) is 0 Å². The van der Waals surface area contributed by atoms with Crippen molar-refractivity contribution in [1.82, 2.24) is 4.72 Å². The third-order valence-corrected chi connectivity index (χ3v) is 7.19. The average molecular weight is 397 g/mol. The molecular weight excluding hydrogens is 360 g/mol. The molecule has 1 aromatic carbocycles.